The number of ether oxygens (including phenoxy) is 1. The Morgan fingerprint density at radius 1 is 1.12 bits per heavy atom. The third-order valence-electron chi connectivity index (χ3n) is 3.59. The summed E-state index contributed by atoms with van der Waals surface area (Å²) in [5.41, 5.74) is -0.0494. The van der Waals surface area contributed by atoms with Crippen LogP contribution in [0.1, 0.15) is 0 Å². The largest absolute Gasteiger partial charge is 0.483 e. The molecule has 0 fully saturated rings. The molecule has 1 N–H and O–H groups in total. The van der Waals surface area contributed by atoms with Crippen LogP contribution < -0.4 is 15.6 Å². The number of pyridine rings is 1. The van der Waals surface area contributed by atoms with E-state index in [1.807, 2.05) is 0 Å². The van der Waals surface area contributed by atoms with Gasteiger partial charge >= 0.3 is 0 Å². The predicted molar refractivity (Wildman–Crippen MR) is 89.7 cm³/mol. The van der Waals surface area contributed by atoms with Crippen LogP contribution >= 0.6 is 0 Å². The van der Waals surface area contributed by atoms with E-state index in [-0.39, 0.29) is 17.9 Å². The standard InChI is InChI=1S/C18H15FN2O3/c1-21-10-9-12-13(18(21)23)5-4-8-16(12)24-11-17(22)20-15-7-3-2-6-14(15)19/h2-10H,11H2,1H3,(H,20,22). The number of anilines is 1. The smallest absolute Gasteiger partial charge is 0.262 e. The summed E-state index contributed by atoms with van der Waals surface area (Å²) in [4.78, 5) is 24.0. The van der Waals surface area contributed by atoms with Crippen LogP contribution in [0.2, 0.25) is 0 Å². The van der Waals surface area contributed by atoms with Gasteiger partial charge in [0.05, 0.1) is 11.1 Å². The van der Waals surface area contributed by atoms with Gasteiger partial charge in [0.25, 0.3) is 11.5 Å². The summed E-state index contributed by atoms with van der Waals surface area (Å²) < 4.78 is 20.5. The Balaban J connectivity index is 1.76. The summed E-state index contributed by atoms with van der Waals surface area (Å²) in [7, 11) is 1.66. The Labute approximate surface area is 137 Å². The highest BCUT2D eigenvalue weighted by molar-refractivity contribution is 5.93. The van der Waals surface area contributed by atoms with Crippen molar-refractivity contribution in [2.24, 2.45) is 7.05 Å². The molecule has 0 saturated heterocycles. The molecule has 24 heavy (non-hydrogen) atoms. The van der Waals surface area contributed by atoms with Crippen molar-refractivity contribution in [2.45, 2.75) is 0 Å². The molecule has 0 aliphatic rings. The molecule has 3 rings (SSSR count). The summed E-state index contributed by atoms with van der Waals surface area (Å²) in [6.45, 7) is -0.289. The van der Waals surface area contributed by atoms with Crippen molar-refractivity contribution in [3.63, 3.8) is 0 Å². The second-order valence-electron chi connectivity index (χ2n) is 5.27. The summed E-state index contributed by atoms with van der Waals surface area (Å²) in [6.07, 6.45) is 1.64. The lowest BCUT2D eigenvalue weighted by Crippen LogP contribution is -2.21. The number of hydrogen-bond donors (Lipinski definition) is 1. The zero-order valence-electron chi connectivity index (χ0n) is 13.0. The average molecular weight is 326 g/mol. The van der Waals surface area contributed by atoms with E-state index in [1.165, 1.54) is 22.8 Å². The van der Waals surface area contributed by atoms with Gasteiger partial charge in [-0.25, -0.2) is 4.39 Å². The normalized spacial score (nSPS) is 10.6. The van der Waals surface area contributed by atoms with Gasteiger partial charge in [-0.05, 0) is 30.3 Å². The lowest BCUT2D eigenvalue weighted by molar-refractivity contribution is -0.118. The number of aromatic nitrogens is 1. The fourth-order valence-electron chi connectivity index (χ4n) is 2.36. The summed E-state index contributed by atoms with van der Waals surface area (Å²) in [5.74, 6) is -0.575. The van der Waals surface area contributed by atoms with Crippen LogP contribution in [0.3, 0.4) is 0 Å². The van der Waals surface area contributed by atoms with Crippen LogP contribution in [-0.2, 0) is 11.8 Å². The number of fused-ring (bicyclic) bond motifs is 1. The first-order chi connectivity index (χ1) is 11.6. The molecule has 122 valence electrons. The fourth-order valence-corrected chi connectivity index (χ4v) is 2.36. The van der Waals surface area contributed by atoms with E-state index in [2.05, 4.69) is 5.32 Å². The van der Waals surface area contributed by atoms with Crippen LogP contribution in [0.25, 0.3) is 10.8 Å². The van der Waals surface area contributed by atoms with Gasteiger partial charge in [0.1, 0.15) is 11.6 Å². The molecular formula is C18H15FN2O3. The molecule has 0 saturated carbocycles. The number of para-hydroxylation sites is 1. The molecule has 0 spiro atoms. The number of aryl methyl sites for hydroxylation is 1. The lowest BCUT2D eigenvalue weighted by atomic mass is 10.1. The predicted octanol–water partition coefficient (Wildman–Crippen LogP) is 2.70. The summed E-state index contributed by atoms with van der Waals surface area (Å²) in [6, 6.07) is 12.7. The van der Waals surface area contributed by atoms with Gasteiger partial charge < -0.3 is 14.6 Å². The van der Waals surface area contributed by atoms with Crippen molar-refractivity contribution in [3.05, 3.63) is 70.9 Å². The number of carbonyl (C=O) groups is 1. The van der Waals surface area contributed by atoms with Crippen LogP contribution in [0.4, 0.5) is 10.1 Å². The van der Waals surface area contributed by atoms with E-state index >= 15 is 0 Å². The number of amides is 1. The highest BCUT2D eigenvalue weighted by atomic mass is 19.1. The Hall–Kier alpha value is -3.15. The third kappa shape index (κ3) is 3.12. The first kappa shape index (κ1) is 15.7. The van der Waals surface area contributed by atoms with Crippen LogP contribution in [0.5, 0.6) is 5.75 Å². The van der Waals surface area contributed by atoms with Gasteiger partial charge in [0.2, 0.25) is 0 Å². The molecule has 1 amide bonds. The van der Waals surface area contributed by atoms with Crippen molar-refractivity contribution in [3.8, 4) is 5.75 Å². The minimum Gasteiger partial charge on any atom is -0.483 e. The summed E-state index contributed by atoms with van der Waals surface area (Å²) in [5, 5.41) is 3.58. The van der Waals surface area contributed by atoms with Gasteiger partial charge in [0.15, 0.2) is 6.61 Å². The zero-order valence-corrected chi connectivity index (χ0v) is 13.0. The first-order valence-corrected chi connectivity index (χ1v) is 7.32. The van der Waals surface area contributed by atoms with E-state index in [9.17, 15) is 14.0 Å². The minimum absolute atomic E-state index is 0.0953. The molecule has 6 heteroatoms. The van der Waals surface area contributed by atoms with Gasteiger partial charge in [0, 0.05) is 18.6 Å². The highest BCUT2D eigenvalue weighted by Gasteiger charge is 2.10. The number of halogens is 1. The Morgan fingerprint density at radius 2 is 1.92 bits per heavy atom. The van der Waals surface area contributed by atoms with Crippen molar-refractivity contribution in [2.75, 3.05) is 11.9 Å². The minimum atomic E-state index is -0.514. The number of benzene rings is 2. The second kappa shape index (κ2) is 6.54. The van der Waals surface area contributed by atoms with Gasteiger partial charge in [-0.2, -0.15) is 0 Å². The molecule has 3 aromatic rings. The van der Waals surface area contributed by atoms with Gasteiger partial charge in [-0.3, -0.25) is 9.59 Å². The molecule has 0 unspecified atom stereocenters. The summed E-state index contributed by atoms with van der Waals surface area (Å²) >= 11 is 0. The molecule has 0 bridgehead atoms. The van der Waals surface area contributed by atoms with E-state index in [4.69, 9.17) is 4.74 Å². The second-order valence-corrected chi connectivity index (χ2v) is 5.27. The molecule has 5 nitrogen and oxygen atoms in total. The molecule has 0 atom stereocenters. The molecular weight excluding hydrogens is 311 g/mol. The Morgan fingerprint density at radius 3 is 2.71 bits per heavy atom. The molecule has 0 radical (unpaired) electrons. The monoisotopic (exact) mass is 326 g/mol. The average Bonchev–Trinajstić information content (AvgIpc) is 2.58. The molecule has 0 aliphatic heterocycles. The molecule has 0 aliphatic carbocycles. The third-order valence-corrected chi connectivity index (χ3v) is 3.59. The van der Waals surface area contributed by atoms with Crippen molar-refractivity contribution >= 4 is 22.4 Å². The Bertz CT molecular complexity index is 966. The SMILES string of the molecule is Cn1ccc2c(OCC(=O)Nc3ccccc3F)cccc2c1=O. The number of carbonyl (C=O) groups excluding carboxylic acids is 1. The molecule has 2 aromatic carbocycles. The number of nitrogens with zero attached hydrogens (tertiary/aromatic N) is 1. The maximum atomic E-state index is 13.5. The van der Waals surface area contributed by atoms with Crippen LogP contribution in [0.15, 0.2) is 59.5 Å². The quantitative estimate of drug-likeness (QED) is 0.802. The van der Waals surface area contributed by atoms with E-state index < -0.39 is 11.7 Å². The van der Waals surface area contributed by atoms with Crippen molar-refractivity contribution < 1.29 is 13.9 Å². The Kier molecular flexibility index (Phi) is 4.29. The number of hydrogen-bond acceptors (Lipinski definition) is 3. The molecule has 1 aromatic heterocycles. The first-order valence-electron chi connectivity index (χ1n) is 7.32. The van der Waals surface area contributed by atoms with Crippen molar-refractivity contribution in [1.29, 1.82) is 0 Å². The van der Waals surface area contributed by atoms with E-state index in [1.54, 1.807) is 43.6 Å². The number of rotatable bonds is 4. The lowest BCUT2D eigenvalue weighted by Gasteiger charge is -2.10. The molecule has 1 heterocycles. The van der Waals surface area contributed by atoms with E-state index in [0.717, 1.165) is 0 Å². The number of nitrogens with one attached hydrogen (secondary N) is 1. The zero-order chi connectivity index (χ0) is 17.1. The topological polar surface area (TPSA) is 60.3 Å². The maximum Gasteiger partial charge on any atom is 0.262 e. The fraction of sp³-hybridized carbons (Fsp3) is 0.111. The highest BCUT2D eigenvalue weighted by Crippen LogP contribution is 2.23. The van der Waals surface area contributed by atoms with Gasteiger partial charge in [-0.1, -0.05) is 18.2 Å². The van der Waals surface area contributed by atoms with E-state index in [0.29, 0.717) is 16.5 Å². The van der Waals surface area contributed by atoms with Crippen LogP contribution in [-0.4, -0.2) is 17.1 Å². The van der Waals surface area contributed by atoms with Gasteiger partial charge in [-0.15, -0.1) is 0 Å². The van der Waals surface area contributed by atoms with Crippen molar-refractivity contribution in [1.82, 2.24) is 4.57 Å². The maximum absolute atomic E-state index is 13.5. The van der Waals surface area contributed by atoms with Crippen LogP contribution in [0, 0.1) is 5.82 Å².